The van der Waals surface area contributed by atoms with Crippen LogP contribution >= 0.6 is 23.2 Å². The minimum atomic E-state index is -0.259. The molecule has 0 saturated carbocycles. The molecule has 25 heavy (non-hydrogen) atoms. The van der Waals surface area contributed by atoms with E-state index in [1.807, 2.05) is 31.2 Å². The van der Waals surface area contributed by atoms with Crippen molar-refractivity contribution in [3.8, 4) is 5.75 Å². The molecule has 0 radical (unpaired) electrons. The highest BCUT2D eigenvalue weighted by Crippen LogP contribution is 2.22. The van der Waals surface area contributed by atoms with Gasteiger partial charge in [0.05, 0.1) is 16.6 Å². The molecule has 0 saturated heterocycles. The Labute approximate surface area is 156 Å². The van der Waals surface area contributed by atoms with Crippen molar-refractivity contribution >= 4 is 35.1 Å². The predicted octanol–water partition coefficient (Wildman–Crippen LogP) is 3.49. The fourth-order valence-electron chi connectivity index (χ4n) is 2.01. The van der Waals surface area contributed by atoms with Crippen molar-refractivity contribution in [2.75, 3.05) is 31.6 Å². The number of nitrogens with zero attached hydrogens (tertiary/aromatic N) is 1. The van der Waals surface area contributed by atoms with Gasteiger partial charge in [0.2, 0.25) is 0 Å². The third kappa shape index (κ3) is 6.68. The average molecular weight is 383 g/mol. The van der Waals surface area contributed by atoms with Crippen LogP contribution in [0.25, 0.3) is 0 Å². The van der Waals surface area contributed by atoms with Gasteiger partial charge in [-0.1, -0.05) is 41.4 Å². The number of aromatic nitrogens is 1. The number of urea groups is 1. The number of halogens is 2. The van der Waals surface area contributed by atoms with Gasteiger partial charge in [-0.25, -0.2) is 9.78 Å². The molecular formula is C17H20Cl2N4O2. The van der Waals surface area contributed by atoms with Crippen molar-refractivity contribution < 1.29 is 9.53 Å². The van der Waals surface area contributed by atoms with Gasteiger partial charge in [-0.3, -0.25) is 0 Å². The molecule has 3 N–H and O–H groups in total. The summed E-state index contributed by atoms with van der Waals surface area (Å²) in [6.45, 7) is 3.70. The largest absolute Gasteiger partial charge is 0.491 e. The molecule has 1 heterocycles. The number of benzene rings is 1. The Hall–Kier alpha value is -2.18. The van der Waals surface area contributed by atoms with Crippen LogP contribution in [0.4, 0.5) is 10.6 Å². The lowest BCUT2D eigenvalue weighted by molar-refractivity contribution is 0.236. The van der Waals surface area contributed by atoms with Crippen LogP contribution in [0.1, 0.15) is 5.56 Å². The molecule has 0 unspecified atom stereocenters. The van der Waals surface area contributed by atoms with E-state index in [2.05, 4.69) is 20.9 Å². The Morgan fingerprint density at radius 2 is 1.92 bits per heavy atom. The van der Waals surface area contributed by atoms with Crippen molar-refractivity contribution in [2.24, 2.45) is 0 Å². The Balaban J connectivity index is 1.57. The highest BCUT2D eigenvalue weighted by molar-refractivity contribution is 6.35. The van der Waals surface area contributed by atoms with Crippen molar-refractivity contribution in [3.63, 3.8) is 0 Å². The molecule has 2 rings (SSSR count). The molecule has 0 bridgehead atoms. The van der Waals surface area contributed by atoms with Gasteiger partial charge >= 0.3 is 6.03 Å². The van der Waals surface area contributed by atoms with Crippen LogP contribution < -0.4 is 20.7 Å². The number of carbonyl (C=O) groups excluding carboxylic acids is 1. The number of rotatable bonds is 8. The van der Waals surface area contributed by atoms with Gasteiger partial charge < -0.3 is 20.7 Å². The minimum absolute atomic E-state index is 0.259. The van der Waals surface area contributed by atoms with Gasteiger partial charge in [0.15, 0.2) is 0 Å². The summed E-state index contributed by atoms with van der Waals surface area (Å²) in [4.78, 5) is 15.8. The first kappa shape index (κ1) is 19.1. The lowest BCUT2D eigenvalue weighted by Crippen LogP contribution is -2.39. The molecule has 6 nitrogen and oxygen atoms in total. The lowest BCUT2D eigenvalue weighted by atomic mass is 10.2. The number of anilines is 1. The van der Waals surface area contributed by atoms with Gasteiger partial charge in [0.25, 0.3) is 0 Å². The third-order valence-corrected chi connectivity index (χ3v) is 3.74. The Morgan fingerprint density at radius 3 is 2.68 bits per heavy atom. The first-order valence-electron chi connectivity index (χ1n) is 7.81. The van der Waals surface area contributed by atoms with Crippen molar-refractivity contribution in [1.29, 1.82) is 0 Å². The third-order valence-electron chi connectivity index (χ3n) is 3.25. The summed E-state index contributed by atoms with van der Waals surface area (Å²) in [5.41, 5.74) is 1.06. The van der Waals surface area contributed by atoms with Crippen LogP contribution in [0.3, 0.4) is 0 Å². The van der Waals surface area contributed by atoms with E-state index in [9.17, 15) is 4.79 Å². The van der Waals surface area contributed by atoms with Gasteiger partial charge in [-0.2, -0.15) is 0 Å². The molecule has 0 aliphatic rings. The number of para-hydroxylation sites is 1. The van der Waals surface area contributed by atoms with E-state index in [4.69, 9.17) is 27.9 Å². The number of ether oxygens (including phenoxy) is 1. The van der Waals surface area contributed by atoms with Crippen LogP contribution in [0.5, 0.6) is 5.75 Å². The van der Waals surface area contributed by atoms with E-state index in [0.29, 0.717) is 42.1 Å². The summed E-state index contributed by atoms with van der Waals surface area (Å²) < 4.78 is 5.60. The van der Waals surface area contributed by atoms with Gasteiger partial charge in [-0.05, 0) is 24.6 Å². The van der Waals surface area contributed by atoms with Crippen molar-refractivity contribution in [2.45, 2.75) is 6.92 Å². The zero-order valence-corrected chi connectivity index (χ0v) is 15.3. The first-order chi connectivity index (χ1) is 12.1. The minimum Gasteiger partial charge on any atom is -0.491 e. The molecule has 0 aliphatic heterocycles. The molecule has 2 aromatic rings. The Morgan fingerprint density at radius 1 is 1.16 bits per heavy atom. The number of nitrogens with one attached hydrogen (secondary N) is 3. The maximum Gasteiger partial charge on any atom is 0.314 e. The number of hydrogen-bond donors (Lipinski definition) is 3. The Bertz CT molecular complexity index is 713. The fourth-order valence-corrected chi connectivity index (χ4v) is 2.45. The smallest absolute Gasteiger partial charge is 0.314 e. The van der Waals surface area contributed by atoms with Crippen LogP contribution in [-0.4, -0.2) is 37.3 Å². The second-order valence-corrected chi connectivity index (χ2v) is 6.05. The second-order valence-electron chi connectivity index (χ2n) is 5.21. The number of aryl methyl sites for hydroxylation is 1. The SMILES string of the molecule is Cc1ccccc1OCCNC(=O)NCCNc1ncc(Cl)cc1Cl. The zero-order chi connectivity index (χ0) is 18.1. The number of hydrogen-bond acceptors (Lipinski definition) is 4. The quantitative estimate of drug-likeness (QED) is 0.610. The van der Waals surface area contributed by atoms with Crippen molar-refractivity contribution in [3.05, 3.63) is 52.1 Å². The molecule has 1 aromatic carbocycles. The zero-order valence-electron chi connectivity index (χ0n) is 13.8. The second kappa shape index (κ2) is 9.96. The molecule has 0 atom stereocenters. The van der Waals surface area contributed by atoms with Crippen LogP contribution in [0.15, 0.2) is 36.5 Å². The normalized spacial score (nSPS) is 10.2. The Kier molecular flexibility index (Phi) is 7.63. The topological polar surface area (TPSA) is 75.3 Å². The van der Waals surface area contributed by atoms with Crippen LogP contribution in [0.2, 0.25) is 10.0 Å². The van der Waals surface area contributed by atoms with Gasteiger partial charge in [0.1, 0.15) is 18.2 Å². The predicted molar refractivity (Wildman–Crippen MR) is 101 cm³/mol. The van der Waals surface area contributed by atoms with E-state index in [0.717, 1.165) is 11.3 Å². The molecule has 0 aliphatic carbocycles. The molecule has 8 heteroatoms. The summed E-state index contributed by atoms with van der Waals surface area (Å²) in [5.74, 6) is 1.35. The number of pyridine rings is 1. The number of amides is 2. The van der Waals surface area contributed by atoms with Gasteiger partial charge in [0, 0.05) is 19.3 Å². The fraction of sp³-hybridized carbons (Fsp3) is 0.294. The monoisotopic (exact) mass is 382 g/mol. The summed E-state index contributed by atoms with van der Waals surface area (Å²) in [5, 5.41) is 9.39. The maximum absolute atomic E-state index is 11.7. The maximum atomic E-state index is 11.7. The summed E-state index contributed by atoms with van der Waals surface area (Å²) in [6, 6.07) is 9.09. The average Bonchev–Trinajstić information content (AvgIpc) is 2.58. The molecule has 2 amide bonds. The number of carbonyl (C=O) groups is 1. The summed E-state index contributed by atoms with van der Waals surface area (Å²) in [6.07, 6.45) is 1.50. The van der Waals surface area contributed by atoms with E-state index < -0.39 is 0 Å². The summed E-state index contributed by atoms with van der Waals surface area (Å²) >= 11 is 11.8. The van der Waals surface area contributed by atoms with Crippen LogP contribution in [-0.2, 0) is 0 Å². The molecule has 0 spiro atoms. The lowest BCUT2D eigenvalue weighted by Gasteiger charge is -2.11. The summed E-state index contributed by atoms with van der Waals surface area (Å²) in [7, 11) is 0. The molecule has 1 aromatic heterocycles. The van der Waals surface area contributed by atoms with E-state index in [-0.39, 0.29) is 6.03 Å². The van der Waals surface area contributed by atoms with E-state index in [1.165, 1.54) is 6.20 Å². The standard InChI is InChI=1S/C17H20Cl2N4O2/c1-12-4-2-3-5-15(12)25-9-8-22-17(24)21-7-6-20-16-14(19)10-13(18)11-23-16/h2-5,10-11H,6-9H2,1H3,(H,20,23)(H2,21,22,24). The first-order valence-corrected chi connectivity index (χ1v) is 8.57. The van der Waals surface area contributed by atoms with E-state index >= 15 is 0 Å². The van der Waals surface area contributed by atoms with E-state index in [1.54, 1.807) is 6.07 Å². The molecular weight excluding hydrogens is 363 g/mol. The van der Waals surface area contributed by atoms with Crippen LogP contribution in [0, 0.1) is 6.92 Å². The molecule has 134 valence electrons. The highest BCUT2D eigenvalue weighted by atomic mass is 35.5. The van der Waals surface area contributed by atoms with Gasteiger partial charge in [-0.15, -0.1) is 0 Å². The molecule has 0 fully saturated rings. The van der Waals surface area contributed by atoms with Crippen molar-refractivity contribution in [1.82, 2.24) is 15.6 Å². The highest BCUT2D eigenvalue weighted by Gasteiger charge is 2.03.